The van der Waals surface area contributed by atoms with Gasteiger partial charge in [0.25, 0.3) is 0 Å². The Bertz CT molecular complexity index is 297. The molecule has 15 heavy (non-hydrogen) atoms. The highest BCUT2D eigenvalue weighted by Gasteiger charge is 1.99. The molecule has 0 saturated heterocycles. The van der Waals surface area contributed by atoms with Crippen molar-refractivity contribution in [3.8, 4) is 0 Å². The molecule has 1 rings (SSSR count). The molecule has 0 aliphatic rings. The fourth-order valence-electron chi connectivity index (χ4n) is 1.60. The van der Waals surface area contributed by atoms with E-state index >= 15 is 0 Å². The Balaban J connectivity index is 2.34. The summed E-state index contributed by atoms with van der Waals surface area (Å²) in [6.07, 6.45) is 1.09. The Hall–Kier alpha value is -0.860. The third-order valence-corrected chi connectivity index (χ3v) is 2.77. The summed E-state index contributed by atoms with van der Waals surface area (Å²) in [5.74, 6) is 0. The average molecular weight is 207 g/mol. The number of hydrogen-bond donors (Lipinski definition) is 1. The zero-order chi connectivity index (χ0) is 11.1. The first-order valence-electron chi connectivity index (χ1n) is 5.50. The molecule has 0 spiro atoms. The maximum absolute atomic E-state index is 4.97. The van der Waals surface area contributed by atoms with E-state index in [9.17, 15) is 0 Å². The molecular weight excluding hydrogens is 186 g/mol. The summed E-state index contributed by atoms with van der Waals surface area (Å²) in [7, 11) is 1.73. The number of benzene rings is 1. The molecule has 84 valence electrons. The quantitative estimate of drug-likeness (QED) is 0.721. The summed E-state index contributed by atoms with van der Waals surface area (Å²) in [6, 6.07) is 6.50. The number of aryl methyl sites for hydroxylation is 1. The second kappa shape index (κ2) is 6.59. The van der Waals surface area contributed by atoms with Gasteiger partial charge in [0, 0.05) is 13.7 Å². The largest absolute Gasteiger partial charge is 0.383 e. The normalized spacial score (nSPS) is 10.6. The fraction of sp³-hybridized carbons (Fsp3) is 0.538. The van der Waals surface area contributed by atoms with Gasteiger partial charge >= 0.3 is 0 Å². The van der Waals surface area contributed by atoms with E-state index in [2.05, 4.69) is 37.4 Å². The SMILES string of the molecule is COCCNCCc1cccc(C)c1C. The minimum atomic E-state index is 0.785. The van der Waals surface area contributed by atoms with Crippen LogP contribution in [0.5, 0.6) is 0 Å². The highest BCUT2D eigenvalue weighted by Crippen LogP contribution is 2.12. The zero-order valence-electron chi connectivity index (χ0n) is 9.97. The van der Waals surface area contributed by atoms with Gasteiger partial charge in [0.2, 0.25) is 0 Å². The first-order chi connectivity index (χ1) is 7.25. The molecule has 1 aromatic rings. The summed E-state index contributed by atoms with van der Waals surface area (Å²) in [5, 5.41) is 3.36. The van der Waals surface area contributed by atoms with Gasteiger partial charge in [-0.25, -0.2) is 0 Å². The van der Waals surface area contributed by atoms with Gasteiger partial charge in [-0.2, -0.15) is 0 Å². The average Bonchev–Trinajstić information content (AvgIpc) is 2.24. The second-order valence-electron chi connectivity index (χ2n) is 3.85. The number of rotatable bonds is 6. The van der Waals surface area contributed by atoms with Crippen molar-refractivity contribution in [2.45, 2.75) is 20.3 Å². The molecule has 2 heteroatoms. The van der Waals surface area contributed by atoms with Gasteiger partial charge in [0.1, 0.15) is 0 Å². The first kappa shape index (κ1) is 12.2. The van der Waals surface area contributed by atoms with Crippen molar-refractivity contribution in [2.24, 2.45) is 0 Å². The molecule has 0 heterocycles. The van der Waals surface area contributed by atoms with Crippen LogP contribution in [0.15, 0.2) is 18.2 Å². The Labute approximate surface area is 92.6 Å². The lowest BCUT2D eigenvalue weighted by Crippen LogP contribution is -2.21. The van der Waals surface area contributed by atoms with E-state index in [1.807, 2.05) is 0 Å². The smallest absolute Gasteiger partial charge is 0.0587 e. The summed E-state index contributed by atoms with van der Waals surface area (Å²) < 4.78 is 4.97. The number of methoxy groups -OCH3 is 1. The van der Waals surface area contributed by atoms with Crippen LogP contribution in [0.1, 0.15) is 16.7 Å². The molecule has 0 radical (unpaired) electrons. The van der Waals surface area contributed by atoms with E-state index in [-0.39, 0.29) is 0 Å². The van der Waals surface area contributed by atoms with Crippen LogP contribution in [0.3, 0.4) is 0 Å². The molecule has 1 aromatic carbocycles. The Morgan fingerprint density at radius 3 is 2.73 bits per heavy atom. The molecular formula is C13H21NO. The van der Waals surface area contributed by atoms with Gasteiger partial charge in [-0.15, -0.1) is 0 Å². The molecule has 0 aliphatic carbocycles. The summed E-state index contributed by atoms with van der Waals surface area (Å²) >= 11 is 0. The van der Waals surface area contributed by atoms with E-state index in [0.29, 0.717) is 0 Å². The molecule has 0 saturated carbocycles. The van der Waals surface area contributed by atoms with Crippen LogP contribution in [0.2, 0.25) is 0 Å². The van der Waals surface area contributed by atoms with Crippen molar-refractivity contribution in [3.05, 3.63) is 34.9 Å². The molecule has 0 aliphatic heterocycles. The Morgan fingerprint density at radius 1 is 1.20 bits per heavy atom. The van der Waals surface area contributed by atoms with Gasteiger partial charge in [-0.3, -0.25) is 0 Å². The van der Waals surface area contributed by atoms with Gasteiger partial charge < -0.3 is 10.1 Å². The Morgan fingerprint density at radius 2 is 2.00 bits per heavy atom. The second-order valence-corrected chi connectivity index (χ2v) is 3.85. The van der Waals surface area contributed by atoms with Crippen molar-refractivity contribution in [1.82, 2.24) is 5.32 Å². The van der Waals surface area contributed by atoms with E-state index in [1.54, 1.807) is 7.11 Å². The van der Waals surface area contributed by atoms with Crippen molar-refractivity contribution in [2.75, 3.05) is 26.8 Å². The van der Waals surface area contributed by atoms with Gasteiger partial charge in [0.05, 0.1) is 6.61 Å². The summed E-state index contributed by atoms with van der Waals surface area (Å²) in [4.78, 5) is 0. The van der Waals surface area contributed by atoms with E-state index in [0.717, 1.165) is 26.1 Å². The Kier molecular flexibility index (Phi) is 5.37. The highest BCUT2D eigenvalue weighted by atomic mass is 16.5. The van der Waals surface area contributed by atoms with E-state index in [4.69, 9.17) is 4.74 Å². The number of hydrogen-bond acceptors (Lipinski definition) is 2. The van der Waals surface area contributed by atoms with Crippen molar-refractivity contribution < 1.29 is 4.74 Å². The van der Waals surface area contributed by atoms with Gasteiger partial charge in [0.15, 0.2) is 0 Å². The number of nitrogens with one attached hydrogen (secondary N) is 1. The minimum absolute atomic E-state index is 0.785. The lowest BCUT2D eigenvalue weighted by molar-refractivity contribution is 0.199. The molecule has 0 amide bonds. The van der Waals surface area contributed by atoms with E-state index in [1.165, 1.54) is 16.7 Å². The van der Waals surface area contributed by atoms with Crippen LogP contribution in [0.4, 0.5) is 0 Å². The summed E-state index contributed by atoms with van der Waals surface area (Å²) in [6.45, 7) is 7.10. The maximum atomic E-state index is 4.97. The van der Waals surface area contributed by atoms with E-state index < -0.39 is 0 Å². The zero-order valence-corrected chi connectivity index (χ0v) is 9.97. The highest BCUT2D eigenvalue weighted by molar-refractivity contribution is 5.33. The van der Waals surface area contributed by atoms with Crippen LogP contribution in [-0.2, 0) is 11.2 Å². The molecule has 0 unspecified atom stereocenters. The predicted molar refractivity (Wildman–Crippen MR) is 64.4 cm³/mol. The molecule has 2 nitrogen and oxygen atoms in total. The first-order valence-corrected chi connectivity index (χ1v) is 5.50. The van der Waals surface area contributed by atoms with Crippen molar-refractivity contribution in [3.63, 3.8) is 0 Å². The lowest BCUT2D eigenvalue weighted by Gasteiger charge is -2.09. The lowest BCUT2D eigenvalue weighted by atomic mass is 10.0. The minimum Gasteiger partial charge on any atom is -0.383 e. The molecule has 0 bridgehead atoms. The monoisotopic (exact) mass is 207 g/mol. The van der Waals surface area contributed by atoms with Gasteiger partial charge in [-0.05, 0) is 43.5 Å². The topological polar surface area (TPSA) is 21.3 Å². The van der Waals surface area contributed by atoms with Crippen molar-refractivity contribution in [1.29, 1.82) is 0 Å². The van der Waals surface area contributed by atoms with Gasteiger partial charge in [-0.1, -0.05) is 18.2 Å². The van der Waals surface area contributed by atoms with Crippen LogP contribution < -0.4 is 5.32 Å². The predicted octanol–water partition coefficient (Wildman–Crippen LogP) is 2.08. The third kappa shape index (κ3) is 4.02. The molecule has 0 aromatic heterocycles. The third-order valence-electron chi connectivity index (χ3n) is 2.77. The van der Waals surface area contributed by atoms with Crippen molar-refractivity contribution >= 4 is 0 Å². The van der Waals surface area contributed by atoms with Crippen LogP contribution in [0.25, 0.3) is 0 Å². The standard InChI is InChI=1S/C13H21NO/c1-11-5-4-6-13(12(11)2)7-8-14-9-10-15-3/h4-6,14H,7-10H2,1-3H3. The molecule has 0 atom stereocenters. The van der Waals surface area contributed by atoms with Crippen LogP contribution in [-0.4, -0.2) is 26.8 Å². The maximum Gasteiger partial charge on any atom is 0.0587 e. The van der Waals surface area contributed by atoms with Crippen LogP contribution >= 0.6 is 0 Å². The molecule has 1 N–H and O–H groups in total. The summed E-state index contributed by atoms with van der Waals surface area (Å²) in [5.41, 5.74) is 4.25. The number of ether oxygens (including phenoxy) is 1. The molecule has 0 fully saturated rings. The fourth-order valence-corrected chi connectivity index (χ4v) is 1.60. The van der Waals surface area contributed by atoms with Crippen LogP contribution in [0, 0.1) is 13.8 Å².